The summed E-state index contributed by atoms with van der Waals surface area (Å²) >= 11 is 0. The smallest absolute Gasteiger partial charge is 0.162 e. The molecule has 0 fully saturated rings. The van der Waals surface area contributed by atoms with Crippen LogP contribution in [0.3, 0.4) is 0 Å². The fraction of sp³-hybridized carbons (Fsp3) is 0.0769. The van der Waals surface area contributed by atoms with Crippen molar-refractivity contribution in [2.45, 2.75) is 6.92 Å². The summed E-state index contributed by atoms with van der Waals surface area (Å²) in [5.74, 6) is 0.258. The number of furan rings is 1. The summed E-state index contributed by atoms with van der Waals surface area (Å²) in [5, 5.41) is 21.8. The molecule has 0 aliphatic heterocycles. The zero-order valence-electron chi connectivity index (χ0n) is 8.69. The molecule has 16 heavy (non-hydrogen) atoms. The molecule has 0 bridgehead atoms. The summed E-state index contributed by atoms with van der Waals surface area (Å²) in [6.07, 6.45) is 1.30. The van der Waals surface area contributed by atoms with Crippen LogP contribution in [-0.2, 0) is 0 Å². The van der Waals surface area contributed by atoms with Crippen molar-refractivity contribution in [2.75, 3.05) is 0 Å². The van der Waals surface area contributed by atoms with E-state index in [0.717, 1.165) is 10.8 Å². The summed E-state index contributed by atoms with van der Waals surface area (Å²) < 4.78 is 5.34. The second kappa shape index (κ2) is 2.92. The van der Waals surface area contributed by atoms with Crippen molar-refractivity contribution in [3.8, 4) is 11.5 Å². The lowest BCUT2D eigenvalue weighted by Gasteiger charge is -2.06. The predicted molar refractivity (Wildman–Crippen MR) is 61.8 cm³/mol. The summed E-state index contributed by atoms with van der Waals surface area (Å²) in [5.41, 5.74) is 1.25. The molecule has 1 heterocycles. The van der Waals surface area contributed by atoms with Crippen LogP contribution in [0, 0.1) is 6.92 Å². The molecule has 0 aliphatic rings. The highest BCUT2D eigenvalue weighted by atomic mass is 16.4. The molecule has 1 aromatic heterocycles. The second-order valence-electron chi connectivity index (χ2n) is 3.84. The highest BCUT2D eigenvalue weighted by Crippen LogP contribution is 2.41. The number of phenolic OH excluding ortho intramolecular Hbond substituents is 1. The van der Waals surface area contributed by atoms with Gasteiger partial charge in [-0.05, 0) is 6.92 Å². The van der Waals surface area contributed by atoms with E-state index in [-0.39, 0.29) is 11.5 Å². The van der Waals surface area contributed by atoms with E-state index in [1.165, 1.54) is 6.26 Å². The Morgan fingerprint density at radius 2 is 1.75 bits per heavy atom. The molecule has 0 saturated carbocycles. The van der Waals surface area contributed by atoms with E-state index >= 15 is 0 Å². The fourth-order valence-corrected chi connectivity index (χ4v) is 2.12. The maximum atomic E-state index is 10.0. The standard InChI is InChI=1S/C13H10O3/c1-7-11-10(14)6-16-13(11)9-5-3-2-4-8(9)12(7)15/h2-6,14-15H,1H3. The molecule has 0 aliphatic carbocycles. The average Bonchev–Trinajstić information content (AvgIpc) is 2.69. The molecule has 0 unspecified atom stereocenters. The number of rotatable bonds is 0. The normalized spacial score (nSPS) is 11.3. The molecule has 2 aromatic carbocycles. The first-order chi connectivity index (χ1) is 7.70. The molecule has 3 nitrogen and oxygen atoms in total. The Morgan fingerprint density at radius 1 is 1.06 bits per heavy atom. The van der Waals surface area contributed by atoms with Crippen molar-refractivity contribution in [1.82, 2.24) is 0 Å². The Morgan fingerprint density at radius 3 is 2.50 bits per heavy atom. The number of benzene rings is 2. The fourth-order valence-electron chi connectivity index (χ4n) is 2.12. The van der Waals surface area contributed by atoms with Crippen LogP contribution in [-0.4, -0.2) is 10.2 Å². The van der Waals surface area contributed by atoms with Crippen LogP contribution in [0.4, 0.5) is 0 Å². The van der Waals surface area contributed by atoms with E-state index in [2.05, 4.69) is 0 Å². The number of hydrogen-bond donors (Lipinski definition) is 2. The first-order valence-corrected chi connectivity index (χ1v) is 5.00. The molecular formula is C13H10O3. The summed E-state index contributed by atoms with van der Waals surface area (Å²) in [6, 6.07) is 7.42. The first kappa shape index (κ1) is 9.09. The van der Waals surface area contributed by atoms with Crippen molar-refractivity contribution in [2.24, 2.45) is 0 Å². The quantitative estimate of drug-likeness (QED) is 0.603. The van der Waals surface area contributed by atoms with Gasteiger partial charge in [0.2, 0.25) is 0 Å². The predicted octanol–water partition coefficient (Wildman–Crippen LogP) is 3.31. The average molecular weight is 214 g/mol. The van der Waals surface area contributed by atoms with Crippen LogP contribution in [0.1, 0.15) is 5.56 Å². The highest BCUT2D eigenvalue weighted by molar-refractivity contribution is 6.11. The minimum absolute atomic E-state index is 0.0635. The minimum atomic E-state index is 0.0635. The summed E-state index contributed by atoms with van der Waals surface area (Å²) in [7, 11) is 0. The van der Waals surface area contributed by atoms with Crippen molar-refractivity contribution in [3.05, 3.63) is 36.1 Å². The SMILES string of the molecule is Cc1c(O)c2ccccc2c2occ(O)c12. The van der Waals surface area contributed by atoms with E-state index in [1.807, 2.05) is 24.3 Å². The van der Waals surface area contributed by atoms with Gasteiger partial charge in [0.25, 0.3) is 0 Å². The maximum Gasteiger partial charge on any atom is 0.162 e. The van der Waals surface area contributed by atoms with Gasteiger partial charge in [-0.3, -0.25) is 0 Å². The van der Waals surface area contributed by atoms with Crippen LogP contribution >= 0.6 is 0 Å². The maximum absolute atomic E-state index is 10.0. The molecule has 0 spiro atoms. The largest absolute Gasteiger partial charge is 0.507 e. The minimum Gasteiger partial charge on any atom is -0.507 e. The van der Waals surface area contributed by atoms with Crippen LogP contribution in [0.5, 0.6) is 11.5 Å². The topological polar surface area (TPSA) is 53.6 Å². The van der Waals surface area contributed by atoms with E-state index in [0.29, 0.717) is 16.5 Å². The van der Waals surface area contributed by atoms with Crippen molar-refractivity contribution >= 4 is 21.7 Å². The third kappa shape index (κ3) is 0.972. The lowest BCUT2D eigenvalue weighted by molar-refractivity contribution is 0.463. The molecule has 3 aromatic rings. The molecule has 0 radical (unpaired) electrons. The molecule has 3 heteroatoms. The number of phenols is 1. The van der Waals surface area contributed by atoms with Gasteiger partial charge in [-0.15, -0.1) is 0 Å². The van der Waals surface area contributed by atoms with Gasteiger partial charge in [0, 0.05) is 16.3 Å². The van der Waals surface area contributed by atoms with E-state index in [9.17, 15) is 10.2 Å². The van der Waals surface area contributed by atoms with Gasteiger partial charge in [0.05, 0.1) is 5.39 Å². The van der Waals surface area contributed by atoms with Gasteiger partial charge in [-0.1, -0.05) is 24.3 Å². The van der Waals surface area contributed by atoms with Crippen molar-refractivity contribution < 1.29 is 14.6 Å². The molecule has 80 valence electrons. The Hall–Kier alpha value is -2.16. The molecule has 3 rings (SSSR count). The lowest BCUT2D eigenvalue weighted by Crippen LogP contribution is -1.81. The zero-order valence-corrected chi connectivity index (χ0v) is 8.69. The molecular weight excluding hydrogens is 204 g/mol. The van der Waals surface area contributed by atoms with Crippen LogP contribution in [0.2, 0.25) is 0 Å². The Kier molecular flexibility index (Phi) is 1.66. The molecule has 0 atom stereocenters. The van der Waals surface area contributed by atoms with Crippen LogP contribution < -0.4 is 0 Å². The van der Waals surface area contributed by atoms with Gasteiger partial charge >= 0.3 is 0 Å². The van der Waals surface area contributed by atoms with Crippen LogP contribution in [0.25, 0.3) is 21.7 Å². The molecule has 2 N–H and O–H groups in total. The first-order valence-electron chi connectivity index (χ1n) is 5.00. The lowest BCUT2D eigenvalue weighted by atomic mass is 10.0. The van der Waals surface area contributed by atoms with E-state index in [1.54, 1.807) is 6.92 Å². The monoisotopic (exact) mass is 214 g/mol. The Labute approximate surface area is 91.5 Å². The number of fused-ring (bicyclic) bond motifs is 3. The molecule has 0 amide bonds. The van der Waals surface area contributed by atoms with Gasteiger partial charge in [0.1, 0.15) is 17.6 Å². The van der Waals surface area contributed by atoms with Crippen molar-refractivity contribution in [1.29, 1.82) is 0 Å². The van der Waals surface area contributed by atoms with Gasteiger partial charge < -0.3 is 14.6 Å². The number of aromatic hydroxyl groups is 2. The third-order valence-electron chi connectivity index (χ3n) is 2.93. The zero-order chi connectivity index (χ0) is 11.3. The third-order valence-corrected chi connectivity index (χ3v) is 2.93. The molecule has 0 saturated heterocycles. The summed E-state index contributed by atoms with van der Waals surface area (Å²) in [4.78, 5) is 0. The van der Waals surface area contributed by atoms with E-state index in [4.69, 9.17) is 4.42 Å². The van der Waals surface area contributed by atoms with Crippen LogP contribution in [0.15, 0.2) is 34.9 Å². The highest BCUT2D eigenvalue weighted by Gasteiger charge is 2.15. The van der Waals surface area contributed by atoms with Gasteiger partial charge in [-0.25, -0.2) is 0 Å². The van der Waals surface area contributed by atoms with Gasteiger partial charge in [-0.2, -0.15) is 0 Å². The Bertz CT molecular complexity index is 695. The van der Waals surface area contributed by atoms with Gasteiger partial charge in [0.15, 0.2) is 5.75 Å². The Balaban J connectivity index is 2.70. The van der Waals surface area contributed by atoms with E-state index < -0.39 is 0 Å². The second-order valence-corrected chi connectivity index (χ2v) is 3.84. The number of aryl methyl sites for hydroxylation is 1. The number of hydrogen-bond acceptors (Lipinski definition) is 3. The summed E-state index contributed by atoms with van der Waals surface area (Å²) in [6.45, 7) is 1.76. The van der Waals surface area contributed by atoms with Crippen molar-refractivity contribution in [3.63, 3.8) is 0 Å².